The van der Waals surface area contributed by atoms with Crippen molar-refractivity contribution in [3.05, 3.63) is 36.7 Å². The van der Waals surface area contributed by atoms with Gasteiger partial charge in [0.15, 0.2) is 0 Å². The lowest BCUT2D eigenvalue weighted by Crippen LogP contribution is -2.24. The largest absolute Gasteiger partial charge is 0.383 e. The summed E-state index contributed by atoms with van der Waals surface area (Å²) in [4.78, 5) is 15.6. The monoisotopic (exact) mass is 219 g/mol. The predicted molar refractivity (Wildman–Crippen MR) is 65.5 cm³/mol. The van der Waals surface area contributed by atoms with Crippen LogP contribution in [-0.4, -0.2) is 23.5 Å². The Morgan fingerprint density at radius 2 is 2.38 bits per heavy atom. The summed E-state index contributed by atoms with van der Waals surface area (Å²) >= 11 is 0. The van der Waals surface area contributed by atoms with Crippen LogP contribution < -0.4 is 10.6 Å². The molecular weight excluding hydrogens is 202 g/mol. The van der Waals surface area contributed by atoms with Crippen molar-refractivity contribution in [2.45, 2.75) is 19.9 Å². The lowest BCUT2D eigenvalue weighted by Gasteiger charge is -2.10. The second-order valence-corrected chi connectivity index (χ2v) is 3.73. The molecule has 0 aliphatic rings. The van der Waals surface area contributed by atoms with E-state index in [4.69, 9.17) is 0 Å². The van der Waals surface area contributed by atoms with E-state index in [1.54, 1.807) is 18.3 Å². The van der Waals surface area contributed by atoms with Crippen LogP contribution in [0.1, 0.15) is 24.3 Å². The summed E-state index contributed by atoms with van der Waals surface area (Å²) in [7, 11) is 0. The van der Waals surface area contributed by atoms with Gasteiger partial charge in [-0.05, 0) is 26.0 Å². The molecule has 86 valence electrons. The molecule has 1 heterocycles. The SMILES string of the molecule is C=CCNC(=O)c1cc(NC(C)C)ccn1. The number of hydrogen-bond acceptors (Lipinski definition) is 3. The molecule has 4 nitrogen and oxygen atoms in total. The average Bonchev–Trinajstić information content (AvgIpc) is 2.25. The van der Waals surface area contributed by atoms with Crippen LogP contribution in [0.4, 0.5) is 5.69 Å². The van der Waals surface area contributed by atoms with Crippen LogP contribution in [0.25, 0.3) is 0 Å². The van der Waals surface area contributed by atoms with Gasteiger partial charge in [0.25, 0.3) is 5.91 Å². The third kappa shape index (κ3) is 3.73. The van der Waals surface area contributed by atoms with E-state index < -0.39 is 0 Å². The molecule has 0 unspecified atom stereocenters. The second-order valence-electron chi connectivity index (χ2n) is 3.73. The van der Waals surface area contributed by atoms with E-state index in [2.05, 4.69) is 22.2 Å². The van der Waals surface area contributed by atoms with Gasteiger partial charge in [-0.2, -0.15) is 0 Å². The zero-order valence-corrected chi connectivity index (χ0v) is 9.66. The number of carbonyl (C=O) groups is 1. The number of carbonyl (C=O) groups excluding carboxylic acids is 1. The fraction of sp³-hybridized carbons (Fsp3) is 0.333. The van der Waals surface area contributed by atoms with E-state index in [9.17, 15) is 4.79 Å². The molecular formula is C12H17N3O. The Labute approximate surface area is 95.8 Å². The first-order chi connectivity index (χ1) is 7.63. The van der Waals surface area contributed by atoms with Crippen molar-refractivity contribution in [1.82, 2.24) is 10.3 Å². The van der Waals surface area contributed by atoms with Crippen LogP contribution in [-0.2, 0) is 0 Å². The third-order valence-corrected chi connectivity index (χ3v) is 1.85. The van der Waals surface area contributed by atoms with E-state index in [1.165, 1.54) is 0 Å². The molecule has 0 saturated heterocycles. The highest BCUT2D eigenvalue weighted by Crippen LogP contribution is 2.09. The van der Waals surface area contributed by atoms with Crippen molar-refractivity contribution in [3.8, 4) is 0 Å². The van der Waals surface area contributed by atoms with Crippen molar-refractivity contribution in [2.24, 2.45) is 0 Å². The lowest BCUT2D eigenvalue weighted by atomic mass is 10.2. The zero-order valence-electron chi connectivity index (χ0n) is 9.66. The minimum atomic E-state index is -0.188. The Bertz CT molecular complexity index is 374. The van der Waals surface area contributed by atoms with Gasteiger partial charge in [-0.1, -0.05) is 6.08 Å². The number of aromatic nitrogens is 1. The van der Waals surface area contributed by atoms with Gasteiger partial charge < -0.3 is 10.6 Å². The normalized spacial score (nSPS) is 9.94. The second kappa shape index (κ2) is 5.90. The highest BCUT2D eigenvalue weighted by molar-refractivity contribution is 5.93. The summed E-state index contributed by atoms with van der Waals surface area (Å²) in [5, 5.41) is 5.90. The number of rotatable bonds is 5. The molecule has 1 rings (SSSR count). The average molecular weight is 219 g/mol. The van der Waals surface area contributed by atoms with E-state index in [0.717, 1.165) is 5.69 Å². The molecule has 0 bridgehead atoms. The molecule has 1 aromatic heterocycles. The van der Waals surface area contributed by atoms with Gasteiger partial charge in [-0.25, -0.2) is 0 Å². The number of nitrogens with zero attached hydrogens (tertiary/aromatic N) is 1. The van der Waals surface area contributed by atoms with Crippen LogP contribution in [0.2, 0.25) is 0 Å². The Morgan fingerprint density at radius 1 is 1.62 bits per heavy atom. The first kappa shape index (κ1) is 12.2. The molecule has 0 aliphatic heterocycles. The van der Waals surface area contributed by atoms with Crippen LogP contribution in [0.3, 0.4) is 0 Å². The molecule has 0 aliphatic carbocycles. The lowest BCUT2D eigenvalue weighted by molar-refractivity contribution is 0.0953. The molecule has 1 aromatic rings. The van der Waals surface area contributed by atoms with E-state index in [1.807, 2.05) is 19.9 Å². The van der Waals surface area contributed by atoms with Gasteiger partial charge in [0.2, 0.25) is 0 Å². The summed E-state index contributed by atoms with van der Waals surface area (Å²) < 4.78 is 0. The molecule has 16 heavy (non-hydrogen) atoms. The molecule has 0 aromatic carbocycles. The van der Waals surface area contributed by atoms with Crippen LogP contribution in [0.15, 0.2) is 31.0 Å². The summed E-state index contributed by atoms with van der Waals surface area (Å²) in [5.41, 5.74) is 1.31. The van der Waals surface area contributed by atoms with Gasteiger partial charge in [0.05, 0.1) is 0 Å². The number of hydrogen-bond donors (Lipinski definition) is 2. The Kier molecular flexibility index (Phi) is 4.51. The first-order valence-corrected chi connectivity index (χ1v) is 5.25. The predicted octanol–water partition coefficient (Wildman–Crippen LogP) is 1.82. The molecule has 0 fully saturated rings. The van der Waals surface area contributed by atoms with Gasteiger partial charge in [-0.3, -0.25) is 9.78 Å². The van der Waals surface area contributed by atoms with E-state index in [-0.39, 0.29) is 5.91 Å². The summed E-state index contributed by atoms with van der Waals surface area (Å²) in [6.45, 7) is 8.06. The molecule has 2 N–H and O–H groups in total. The van der Waals surface area contributed by atoms with Crippen molar-refractivity contribution in [1.29, 1.82) is 0 Å². The van der Waals surface area contributed by atoms with Gasteiger partial charge in [0.1, 0.15) is 5.69 Å². The summed E-state index contributed by atoms with van der Waals surface area (Å²) in [5.74, 6) is -0.188. The van der Waals surface area contributed by atoms with Gasteiger partial charge >= 0.3 is 0 Å². The molecule has 0 radical (unpaired) electrons. The van der Waals surface area contributed by atoms with Crippen molar-refractivity contribution >= 4 is 11.6 Å². The van der Waals surface area contributed by atoms with Crippen LogP contribution in [0, 0.1) is 0 Å². The van der Waals surface area contributed by atoms with Gasteiger partial charge in [-0.15, -0.1) is 6.58 Å². The number of amides is 1. The number of pyridine rings is 1. The van der Waals surface area contributed by atoms with Gasteiger partial charge in [0, 0.05) is 24.5 Å². The standard InChI is InChI=1S/C12H17N3O/c1-4-6-14-12(16)11-8-10(5-7-13-11)15-9(2)3/h4-5,7-9H,1,6H2,2-3H3,(H,13,15)(H,14,16). The van der Waals surface area contributed by atoms with E-state index >= 15 is 0 Å². The molecule has 0 saturated carbocycles. The smallest absolute Gasteiger partial charge is 0.270 e. The summed E-state index contributed by atoms with van der Waals surface area (Å²) in [6.07, 6.45) is 3.25. The molecule has 0 spiro atoms. The molecule has 0 atom stereocenters. The number of anilines is 1. The zero-order chi connectivity index (χ0) is 12.0. The fourth-order valence-electron chi connectivity index (χ4n) is 1.23. The topological polar surface area (TPSA) is 54.0 Å². The Balaban J connectivity index is 2.73. The number of nitrogens with one attached hydrogen (secondary N) is 2. The fourth-order valence-corrected chi connectivity index (χ4v) is 1.23. The Morgan fingerprint density at radius 3 is 3.00 bits per heavy atom. The molecule has 4 heteroatoms. The van der Waals surface area contributed by atoms with Crippen molar-refractivity contribution in [3.63, 3.8) is 0 Å². The molecule has 1 amide bonds. The van der Waals surface area contributed by atoms with E-state index in [0.29, 0.717) is 18.3 Å². The van der Waals surface area contributed by atoms with Crippen molar-refractivity contribution in [2.75, 3.05) is 11.9 Å². The maximum atomic E-state index is 11.6. The highest BCUT2D eigenvalue weighted by atomic mass is 16.1. The quantitative estimate of drug-likeness (QED) is 0.743. The van der Waals surface area contributed by atoms with Crippen LogP contribution in [0.5, 0.6) is 0 Å². The maximum Gasteiger partial charge on any atom is 0.270 e. The van der Waals surface area contributed by atoms with Crippen LogP contribution >= 0.6 is 0 Å². The highest BCUT2D eigenvalue weighted by Gasteiger charge is 2.06. The minimum absolute atomic E-state index is 0.188. The van der Waals surface area contributed by atoms with Crippen molar-refractivity contribution < 1.29 is 4.79 Å². The summed E-state index contributed by atoms with van der Waals surface area (Å²) in [6, 6.07) is 3.90. The maximum absolute atomic E-state index is 11.6. The third-order valence-electron chi connectivity index (χ3n) is 1.85. The first-order valence-electron chi connectivity index (χ1n) is 5.25. The Hall–Kier alpha value is -1.84. The minimum Gasteiger partial charge on any atom is -0.383 e.